The lowest BCUT2D eigenvalue weighted by Gasteiger charge is -2.39. The van der Waals surface area contributed by atoms with Crippen molar-refractivity contribution in [2.24, 2.45) is 7.05 Å². The molecular formula is C28H29F3N6O. The second kappa shape index (κ2) is 9.87. The fourth-order valence-electron chi connectivity index (χ4n) is 5.40. The van der Waals surface area contributed by atoms with Gasteiger partial charge in [0.2, 0.25) is 0 Å². The number of aryl methyl sites for hydroxylation is 1. The molecule has 0 unspecified atom stereocenters. The van der Waals surface area contributed by atoms with Gasteiger partial charge in [-0.15, -0.1) is 10.2 Å². The lowest BCUT2D eigenvalue weighted by atomic mass is 9.78. The third-order valence-corrected chi connectivity index (χ3v) is 7.77. The van der Waals surface area contributed by atoms with Crippen molar-refractivity contribution in [1.82, 2.24) is 20.1 Å². The van der Waals surface area contributed by atoms with Crippen LogP contribution < -0.4 is 10.2 Å². The number of benzene rings is 2. The highest BCUT2D eigenvalue weighted by molar-refractivity contribution is 6.10. The first-order chi connectivity index (χ1) is 18.1. The molecule has 0 saturated heterocycles. The van der Waals surface area contributed by atoms with Crippen molar-refractivity contribution in [2.75, 3.05) is 4.90 Å². The molecule has 10 heteroatoms. The van der Waals surface area contributed by atoms with E-state index in [2.05, 4.69) is 28.5 Å². The second-order valence-corrected chi connectivity index (χ2v) is 10.5. The van der Waals surface area contributed by atoms with Crippen molar-refractivity contribution in [3.8, 4) is 6.07 Å². The molecule has 1 atom stereocenters. The Kier molecular flexibility index (Phi) is 6.73. The molecule has 1 aliphatic carbocycles. The van der Waals surface area contributed by atoms with Crippen molar-refractivity contribution in [2.45, 2.75) is 69.8 Å². The lowest BCUT2D eigenvalue weighted by molar-refractivity contribution is -0.138. The molecule has 1 fully saturated rings. The van der Waals surface area contributed by atoms with Crippen molar-refractivity contribution in [3.63, 3.8) is 0 Å². The molecule has 7 nitrogen and oxygen atoms in total. The first kappa shape index (κ1) is 25.9. The van der Waals surface area contributed by atoms with Gasteiger partial charge >= 0.3 is 6.18 Å². The van der Waals surface area contributed by atoms with Crippen LogP contribution in [0.5, 0.6) is 0 Å². The Bertz CT molecular complexity index is 1400. The Morgan fingerprint density at radius 2 is 2.03 bits per heavy atom. The number of hydrogen-bond acceptors (Lipinski definition) is 5. The number of nitriles is 1. The summed E-state index contributed by atoms with van der Waals surface area (Å²) in [7, 11) is 1.82. The van der Waals surface area contributed by atoms with E-state index in [9.17, 15) is 18.0 Å². The third-order valence-electron chi connectivity index (χ3n) is 7.77. The third kappa shape index (κ3) is 4.90. The lowest BCUT2D eigenvalue weighted by Crippen LogP contribution is -2.47. The summed E-state index contributed by atoms with van der Waals surface area (Å²) in [6.45, 7) is 2.18. The Labute approximate surface area is 219 Å². The largest absolute Gasteiger partial charge is 0.416 e. The van der Waals surface area contributed by atoms with E-state index in [-0.39, 0.29) is 35.7 Å². The van der Waals surface area contributed by atoms with E-state index >= 15 is 0 Å². The van der Waals surface area contributed by atoms with Crippen LogP contribution in [0.1, 0.15) is 83.4 Å². The van der Waals surface area contributed by atoms with Crippen LogP contribution in [0.2, 0.25) is 0 Å². The molecule has 198 valence electrons. The molecule has 1 aromatic heterocycles. The van der Waals surface area contributed by atoms with Crippen LogP contribution in [-0.4, -0.2) is 26.2 Å². The minimum atomic E-state index is -4.58. The minimum Gasteiger partial charge on any atom is -0.320 e. The van der Waals surface area contributed by atoms with Gasteiger partial charge in [0.25, 0.3) is 5.91 Å². The topological polar surface area (TPSA) is 86.8 Å². The van der Waals surface area contributed by atoms with Crippen LogP contribution in [0, 0.1) is 11.3 Å². The Morgan fingerprint density at radius 3 is 2.66 bits per heavy atom. The molecule has 1 N–H and O–H groups in total. The molecule has 1 amide bonds. The van der Waals surface area contributed by atoms with Gasteiger partial charge in [0.05, 0.1) is 18.2 Å². The number of hydrogen-bond donors (Lipinski definition) is 1. The fraction of sp³-hybridized carbons (Fsp3) is 0.429. The van der Waals surface area contributed by atoms with E-state index in [1.165, 1.54) is 11.0 Å². The molecule has 1 aliphatic heterocycles. The van der Waals surface area contributed by atoms with Gasteiger partial charge in [-0.2, -0.15) is 18.4 Å². The first-order valence-corrected chi connectivity index (χ1v) is 12.7. The molecule has 0 bridgehead atoms. The zero-order valence-corrected chi connectivity index (χ0v) is 21.3. The van der Waals surface area contributed by atoms with Gasteiger partial charge in [0.15, 0.2) is 0 Å². The normalized spacial score (nSPS) is 17.2. The standard InChI is InChI=1S/C28H29F3N6O/c1-27(9-5-10-27)33-15-18-12-22-23(24(13-18)28(29,30)31)16-37(26(22)38)20-7-3-6-19(14-20)21(8-4-11-32)25-35-34-17-36(25)2/h3,6-7,12-14,17,21,33H,4-5,8-10,15-16H2,1-2H3/t21-/m0/s1. The first-order valence-electron chi connectivity index (χ1n) is 12.7. The number of fused-ring (bicyclic) bond motifs is 1. The number of carbonyl (C=O) groups excluding carboxylic acids is 1. The quantitative estimate of drug-likeness (QED) is 0.425. The number of aromatic nitrogens is 3. The molecule has 2 aromatic carbocycles. The Balaban J connectivity index is 1.47. The molecule has 3 aromatic rings. The summed E-state index contributed by atoms with van der Waals surface area (Å²) in [4.78, 5) is 14.9. The molecule has 1 saturated carbocycles. The summed E-state index contributed by atoms with van der Waals surface area (Å²) < 4.78 is 44.1. The molecule has 5 rings (SSSR count). The summed E-state index contributed by atoms with van der Waals surface area (Å²) in [5, 5.41) is 20.7. The number of anilines is 1. The van der Waals surface area contributed by atoms with Gasteiger partial charge in [-0.05, 0) is 73.6 Å². The molecule has 2 heterocycles. The number of rotatable bonds is 8. The van der Waals surface area contributed by atoms with E-state index in [1.807, 2.05) is 13.1 Å². The molecule has 2 aliphatic rings. The maximum atomic E-state index is 14.1. The van der Waals surface area contributed by atoms with Crippen LogP contribution in [0.15, 0.2) is 42.7 Å². The summed E-state index contributed by atoms with van der Waals surface area (Å²) in [6, 6.07) is 12.1. The highest BCUT2D eigenvalue weighted by Gasteiger charge is 2.41. The number of nitrogens with zero attached hydrogens (tertiary/aromatic N) is 5. The van der Waals surface area contributed by atoms with Gasteiger partial charge in [-0.25, -0.2) is 0 Å². The second-order valence-electron chi connectivity index (χ2n) is 10.5. The summed E-state index contributed by atoms with van der Waals surface area (Å²) in [5.41, 5.74) is 1.03. The van der Waals surface area contributed by atoms with Crippen molar-refractivity contribution in [3.05, 3.63) is 76.4 Å². The molecule has 0 spiro atoms. The number of alkyl halides is 3. The van der Waals surface area contributed by atoms with E-state index in [1.54, 1.807) is 35.2 Å². The average molecular weight is 523 g/mol. The van der Waals surface area contributed by atoms with Gasteiger partial charge in [-0.1, -0.05) is 12.1 Å². The Morgan fingerprint density at radius 1 is 1.24 bits per heavy atom. The summed E-state index contributed by atoms with van der Waals surface area (Å²) in [5.74, 6) is -0.0323. The van der Waals surface area contributed by atoms with Crippen molar-refractivity contribution in [1.29, 1.82) is 5.26 Å². The van der Waals surface area contributed by atoms with Crippen LogP contribution in [0.25, 0.3) is 0 Å². The predicted molar refractivity (Wildman–Crippen MR) is 135 cm³/mol. The van der Waals surface area contributed by atoms with E-state index in [0.717, 1.165) is 24.8 Å². The number of halogens is 3. The number of nitrogens with one attached hydrogen (secondary N) is 1. The average Bonchev–Trinajstić information content (AvgIpc) is 3.44. The van der Waals surface area contributed by atoms with Crippen molar-refractivity contribution < 1.29 is 18.0 Å². The van der Waals surface area contributed by atoms with Gasteiger partial charge in [-0.3, -0.25) is 4.79 Å². The zero-order valence-electron chi connectivity index (χ0n) is 21.3. The number of amides is 1. The zero-order chi connectivity index (χ0) is 27.1. The van der Waals surface area contributed by atoms with Gasteiger partial charge in [0, 0.05) is 42.7 Å². The number of carbonyl (C=O) groups is 1. The molecule has 0 radical (unpaired) electrons. The summed E-state index contributed by atoms with van der Waals surface area (Å²) >= 11 is 0. The highest BCUT2D eigenvalue weighted by Crippen LogP contribution is 2.40. The SMILES string of the molecule is Cn1cnnc1[C@@H](CCC#N)c1cccc(N2Cc3c(cc(CNC4(C)CCC4)cc3C(F)(F)F)C2=O)c1. The van der Waals surface area contributed by atoms with Crippen LogP contribution in [0.3, 0.4) is 0 Å². The van der Waals surface area contributed by atoms with Crippen LogP contribution >= 0.6 is 0 Å². The monoisotopic (exact) mass is 522 g/mol. The van der Waals surface area contributed by atoms with Crippen molar-refractivity contribution >= 4 is 11.6 Å². The highest BCUT2D eigenvalue weighted by atomic mass is 19.4. The summed E-state index contributed by atoms with van der Waals surface area (Å²) in [6.07, 6.45) is 0.853. The fourth-order valence-corrected chi connectivity index (χ4v) is 5.40. The van der Waals surface area contributed by atoms with E-state index < -0.39 is 17.6 Å². The smallest absolute Gasteiger partial charge is 0.320 e. The van der Waals surface area contributed by atoms with E-state index in [0.29, 0.717) is 29.9 Å². The predicted octanol–water partition coefficient (Wildman–Crippen LogP) is 5.46. The van der Waals surface area contributed by atoms with Crippen LogP contribution in [0.4, 0.5) is 18.9 Å². The van der Waals surface area contributed by atoms with Crippen LogP contribution in [-0.2, 0) is 26.3 Å². The maximum Gasteiger partial charge on any atom is 0.416 e. The minimum absolute atomic E-state index is 0.000778. The molecule has 38 heavy (non-hydrogen) atoms. The Hall–Kier alpha value is -3.71. The maximum absolute atomic E-state index is 14.1. The molecular weight excluding hydrogens is 493 g/mol. The van der Waals surface area contributed by atoms with Gasteiger partial charge in [0.1, 0.15) is 12.2 Å². The van der Waals surface area contributed by atoms with E-state index in [4.69, 9.17) is 5.26 Å². The van der Waals surface area contributed by atoms with Gasteiger partial charge < -0.3 is 14.8 Å².